The molecule has 1 aliphatic rings. The Hall–Kier alpha value is -0.910. The Morgan fingerprint density at radius 2 is 2.00 bits per heavy atom. The molecule has 2 atom stereocenters. The van der Waals surface area contributed by atoms with Crippen LogP contribution in [0.3, 0.4) is 0 Å². The van der Waals surface area contributed by atoms with Gasteiger partial charge in [-0.15, -0.1) is 0 Å². The normalized spacial score (nSPS) is 24.7. The van der Waals surface area contributed by atoms with E-state index in [1.54, 1.807) is 11.2 Å². The largest absolute Gasteiger partial charge is 0.375 e. The Bertz CT molecular complexity index is 515. The summed E-state index contributed by atoms with van der Waals surface area (Å²) in [4.78, 5) is 0. The predicted molar refractivity (Wildman–Crippen MR) is 80.1 cm³/mol. The maximum absolute atomic E-state index is 12.1. The fourth-order valence-electron chi connectivity index (χ4n) is 2.49. The summed E-state index contributed by atoms with van der Waals surface area (Å²) in [6.45, 7) is 4.56. The number of sulfonamides is 1. The van der Waals surface area contributed by atoms with Crippen LogP contribution < -0.4 is 0 Å². The molecule has 0 spiro atoms. The lowest BCUT2D eigenvalue weighted by atomic mass is 10.1. The maximum Gasteiger partial charge on any atom is 0.214 e. The summed E-state index contributed by atoms with van der Waals surface area (Å²) in [5, 5.41) is 0. The van der Waals surface area contributed by atoms with E-state index in [1.807, 2.05) is 25.1 Å². The lowest BCUT2D eigenvalue weighted by Gasteiger charge is -2.37. The van der Waals surface area contributed by atoms with Crippen LogP contribution in [-0.2, 0) is 21.2 Å². The molecule has 0 radical (unpaired) electrons. The van der Waals surface area contributed by atoms with Gasteiger partial charge in [0.25, 0.3) is 0 Å². The first kappa shape index (κ1) is 15.5. The van der Waals surface area contributed by atoms with Crippen LogP contribution in [0.2, 0.25) is 0 Å². The van der Waals surface area contributed by atoms with Gasteiger partial charge in [-0.3, -0.25) is 0 Å². The number of rotatable bonds is 5. The van der Waals surface area contributed by atoms with E-state index in [9.17, 15) is 8.42 Å². The smallest absolute Gasteiger partial charge is 0.214 e. The van der Waals surface area contributed by atoms with E-state index in [1.165, 1.54) is 5.56 Å². The summed E-state index contributed by atoms with van der Waals surface area (Å²) in [7, 11) is -3.13. The van der Waals surface area contributed by atoms with Gasteiger partial charge in [0.1, 0.15) is 0 Å². The van der Waals surface area contributed by atoms with Gasteiger partial charge in [-0.2, -0.15) is 4.31 Å². The van der Waals surface area contributed by atoms with Crippen LogP contribution in [-0.4, -0.2) is 43.8 Å². The molecule has 1 heterocycles. The Morgan fingerprint density at radius 3 is 2.65 bits per heavy atom. The Labute approximate surface area is 121 Å². The number of benzene rings is 1. The molecule has 1 aromatic carbocycles. The minimum atomic E-state index is -3.13. The zero-order valence-corrected chi connectivity index (χ0v) is 13.0. The SMILES string of the molecule is CCS(=O)(=O)N1CC(CCc2ccccc2)OCC1C. The standard InChI is InChI=1S/C15H23NO3S/c1-3-20(17,18)16-11-15(19-12-13(16)2)10-9-14-7-5-4-6-8-14/h4-8,13,15H,3,9-12H2,1-2H3. The molecule has 2 unspecified atom stereocenters. The molecular weight excluding hydrogens is 274 g/mol. The highest BCUT2D eigenvalue weighted by atomic mass is 32.2. The topological polar surface area (TPSA) is 46.6 Å². The van der Waals surface area contributed by atoms with Crippen molar-refractivity contribution in [2.45, 2.75) is 38.8 Å². The second kappa shape index (κ2) is 6.70. The summed E-state index contributed by atoms with van der Waals surface area (Å²) in [5.74, 6) is 0.156. The molecule has 1 fully saturated rings. The molecule has 0 amide bonds. The average Bonchev–Trinajstić information content (AvgIpc) is 2.47. The number of hydrogen-bond donors (Lipinski definition) is 0. The highest BCUT2D eigenvalue weighted by Gasteiger charge is 2.33. The van der Waals surface area contributed by atoms with Crippen molar-refractivity contribution in [2.24, 2.45) is 0 Å². The highest BCUT2D eigenvalue weighted by molar-refractivity contribution is 7.89. The Balaban J connectivity index is 1.94. The molecule has 0 saturated carbocycles. The zero-order chi connectivity index (χ0) is 14.6. The van der Waals surface area contributed by atoms with E-state index in [4.69, 9.17) is 4.74 Å². The van der Waals surface area contributed by atoms with Crippen molar-refractivity contribution in [3.8, 4) is 0 Å². The molecule has 1 aromatic rings. The van der Waals surface area contributed by atoms with Crippen LogP contribution >= 0.6 is 0 Å². The van der Waals surface area contributed by atoms with Crippen molar-refractivity contribution in [1.82, 2.24) is 4.31 Å². The monoisotopic (exact) mass is 297 g/mol. The minimum Gasteiger partial charge on any atom is -0.375 e. The highest BCUT2D eigenvalue weighted by Crippen LogP contribution is 2.19. The van der Waals surface area contributed by atoms with E-state index in [2.05, 4.69) is 12.1 Å². The van der Waals surface area contributed by atoms with Crippen molar-refractivity contribution < 1.29 is 13.2 Å². The van der Waals surface area contributed by atoms with E-state index < -0.39 is 10.0 Å². The van der Waals surface area contributed by atoms with Crippen LogP contribution in [0.5, 0.6) is 0 Å². The number of morpholine rings is 1. The van der Waals surface area contributed by atoms with Gasteiger partial charge in [-0.05, 0) is 32.3 Å². The third-order valence-corrected chi connectivity index (χ3v) is 5.72. The van der Waals surface area contributed by atoms with Gasteiger partial charge in [0.2, 0.25) is 10.0 Å². The van der Waals surface area contributed by atoms with Crippen LogP contribution in [0.25, 0.3) is 0 Å². The molecule has 1 aliphatic heterocycles. The quantitative estimate of drug-likeness (QED) is 0.836. The first-order chi connectivity index (χ1) is 9.53. The van der Waals surface area contributed by atoms with Crippen LogP contribution in [0.15, 0.2) is 30.3 Å². The van der Waals surface area contributed by atoms with E-state index in [0.29, 0.717) is 13.2 Å². The van der Waals surface area contributed by atoms with Crippen LogP contribution in [0.4, 0.5) is 0 Å². The second-order valence-electron chi connectivity index (χ2n) is 5.30. The molecule has 20 heavy (non-hydrogen) atoms. The molecular formula is C15H23NO3S. The molecule has 1 saturated heterocycles. The third kappa shape index (κ3) is 3.81. The summed E-state index contributed by atoms with van der Waals surface area (Å²) in [6.07, 6.45) is 1.76. The molecule has 0 aliphatic carbocycles. The number of aryl methyl sites for hydroxylation is 1. The first-order valence-corrected chi connectivity index (χ1v) is 8.79. The van der Waals surface area contributed by atoms with Gasteiger partial charge in [-0.25, -0.2) is 8.42 Å². The van der Waals surface area contributed by atoms with E-state index >= 15 is 0 Å². The van der Waals surface area contributed by atoms with Gasteiger partial charge in [0, 0.05) is 12.6 Å². The Morgan fingerprint density at radius 1 is 1.30 bits per heavy atom. The maximum atomic E-state index is 12.1. The minimum absolute atomic E-state index is 0.00673. The Kier molecular flexibility index (Phi) is 5.18. The molecule has 0 N–H and O–H groups in total. The van der Waals surface area contributed by atoms with Gasteiger partial charge >= 0.3 is 0 Å². The third-order valence-electron chi connectivity index (χ3n) is 3.77. The predicted octanol–water partition coefficient (Wildman–Crippen LogP) is 2.06. The summed E-state index contributed by atoms with van der Waals surface area (Å²) >= 11 is 0. The van der Waals surface area contributed by atoms with Crippen molar-refractivity contribution in [2.75, 3.05) is 18.9 Å². The molecule has 0 aromatic heterocycles. The molecule has 2 rings (SSSR count). The molecule has 5 heteroatoms. The van der Waals surface area contributed by atoms with Crippen LogP contribution in [0, 0.1) is 0 Å². The second-order valence-corrected chi connectivity index (χ2v) is 7.51. The van der Waals surface area contributed by atoms with Crippen molar-refractivity contribution in [3.05, 3.63) is 35.9 Å². The summed E-state index contributed by atoms with van der Waals surface area (Å²) in [5.41, 5.74) is 1.26. The van der Waals surface area contributed by atoms with Gasteiger partial charge < -0.3 is 4.74 Å². The van der Waals surface area contributed by atoms with Crippen LogP contribution in [0.1, 0.15) is 25.8 Å². The van der Waals surface area contributed by atoms with Gasteiger partial charge in [-0.1, -0.05) is 30.3 Å². The summed E-state index contributed by atoms with van der Waals surface area (Å²) < 4.78 is 31.5. The van der Waals surface area contributed by atoms with E-state index in [0.717, 1.165) is 12.8 Å². The lowest BCUT2D eigenvalue weighted by molar-refractivity contribution is -0.0305. The molecule has 4 nitrogen and oxygen atoms in total. The molecule has 112 valence electrons. The zero-order valence-electron chi connectivity index (χ0n) is 12.2. The lowest BCUT2D eigenvalue weighted by Crippen LogP contribution is -2.51. The van der Waals surface area contributed by atoms with Crippen molar-refractivity contribution in [1.29, 1.82) is 0 Å². The average molecular weight is 297 g/mol. The number of nitrogens with zero attached hydrogens (tertiary/aromatic N) is 1. The molecule has 0 bridgehead atoms. The number of ether oxygens (including phenoxy) is 1. The fourth-order valence-corrected chi connectivity index (χ4v) is 3.83. The van der Waals surface area contributed by atoms with Crippen molar-refractivity contribution >= 4 is 10.0 Å². The fraction of sp³-hybridized carbons (Fsp3) is 0.600. The number of hydrogen-bond acceptors (Lipinski definition) is 3. The van der Waals surface area contributed by atoms with Gasteiger partial charge in [0.15, 0.2) is 0 Å². The van der Waals surface area contributed by atoms with Gasteiger partial charge in [0.05, 0.1) is 18.5 Å². The first-order valence-electron chi connectivity index (χ1n) is 7.18. The van der Waals surface area contributed by atoms with E-state index in [-0.39, 0.29) is 17.9 Å². The summed E-state index contributed by atoms with van der Waals surface area (Å²) in [6, 6.07) is 10.2. The van der Waals surface area contributed by atoms with Crippen molar-refractivity contribution in [3.63, 3.8) is 0 Å².